The molecule has 0 saturated heterocycles. The summed E-state index contributed by atoms with van der Waals surface area (Å²) in [6.07, 6.45) is 26.6. The number of allylic oxidation sites excluding steroid dienone is 2. The highest BCUT2D eigenvalue weighted by Crippen LogP contribution is 2.27. The number of hydrogen-bond acceptors (Lipinski definition) is 2. The van der Waals surface area contributed by atoms with E-state index < -0.39 is 0 Å². The fourth-order valence-corrected chi connectivity index (χ4v) is 3.72. The lowest BCUT2D eigenvalue weighted by Crippen LogP contribution is -1.87. The van der Waals surface area contributed by atoms with E-state index in [0.29, 0.717) is 5.56 Å². The molecular weight excluding hydrogens is 344 g/mol. The Kier molecular flexibility index (Phi) is 15.5. The van der Waals surface area contributed by atoms with Crippen LogP contribution in [0.3, 0.4) is 0 Å². The highest BCUT2D eigenvalue weighted by atomic mass is 16.3. The third-order valence-corrected chi connectivity index (χ3v) is 5.57. The molecule has 0 amide bonds. The minimum Gasteiger partial charge on any atom is -0.508 e. The molecule has 0 unspecified atom stereocenters. The molecule has 0 bridgehead atoms. The summed E-state index contributed by atoms with van der Waals surface area (Å²) in [4.78, 5) is 0. The van der Waals surface area contributed by atoms with Crippen molar-refractivity contribution in [2.45, 2.75) is 116 Å². The Morgan fingerprint density at radius 1 is 0.607 bits per heavy atom. The molecule has 2 nitrogen and oxygen atoms in total. The Morgan fingerprint density at radius 2 is 1.04 bits per heavy atom. The molecule has 28 heavy (non-hydrogen) atoms. The summed E-state index contributed by atoms with van der Waals surface area (Å²) >= 11 is 0. The maximum absolute atomic E-state index is 9.76. The summed E-state index contributed by atoms with van der Waals surface area (Å²) in [5, 5.41) is 19.5. The van der Waals surface area contributed by atoms with Crippen molar-refractivity contribution in [3.63, 3.8) is 0 Å². The van der Waals surface area contributed by atoms with E-state index >= 15 is 0 Å². The van der Waals surface area contributed by atoms with Gasteiger partial charge in [-0.25, -0.2) is 0 Å². The van der Waals surface area contributed by atoms with Crippen LogP contribution in [-0.4, -0.2) is 10.2 Å². The van der Waals surface area contributed by atoms with Gasteiger partial charge in [-0.1, -0.05) is 95.8 Å². The number of aromatic hydroxyl groups is 2. The smallest absolute Gasteiger partial charge is 0.122 e. The number of unbranched alkanes of at least 4 members (excludes halogenated alkanes) is 14. The van der Waals surface area contributed by atoms with Gasteiger partial charge in [0.05, 0.1) is 0 Å². The van der Waals surface area contributed by atoms with Gasteiger partial charge < -0.3 is 10.2 Å². The molecule has 2 N–H and O–H groups in total. The lowest BCUT2D eigenvalue weighted by Gasteiger charge is -2.06. The second-order valence-corrected chi connectivity index (χ2v) is 8.17. The van der Waals surface area contributed by atoms with E-state index in [0.717, 1.165) is 25.7 Å². The van der Waals surface area contributed by atoms with E-state index in [-0.39, 0.29) is 11.5 Å². The first kappa shape index (κ1) is 24.6. The van der Waals surface area contributed by atoms with Crippen molar-refractivity contribution in [1.29, 1.82) is 0 Å². The zero-order chi connectivity index (χ0) is 20.3. The molecule has 0 spiro atoms. The van der Waals surface area contributed by atoms with Crippen LogP contribution >= 0.6 is 0 Å². The van der Waals surface area contributed by atoms with Crippen LogP contribution in [0.25, 0.3) is 0 Å². The van der Waals surface area contributed by atoms with Crippen molar-refractivity contribution in [3.05, 3.63) is 35.9 Å². The molecule has 0 fully saturated rings. The Balaban J connectivity index is 1.84. The predicted octanol–water partition coefficient (Wildman–Crippen LogP) is 8.46. The molecule has 1 aromatic rings. The van der Waals surface area contributed by atoms with Gasteiger partial charge in [-0.3, -0.25) is 0 Å². The molecule has 0 saturated carbocycles. The SMILES string of the molecule is CCCCCCCCCCCCCCC=CCCCCc1c(O)cccc1O. The largest absolute Gasteiger partial charge is 0.508 e. The van der Waals surface area contributed by atoms with E-state index in [1.807, 2.05) is 0 Å². The second kappa shape index (κ2) is 17.6. The highest BCUT2D eigenvalue weighted by Gasteiger charge is 2.05. The molecule has 0 aliphatic rings. The first-order valence-electron chi connectivity index (χ1n) is 11.9. The van der Waals surface area contributed by atoms with E-state index in [1.165, 1.54) is 83.5 Å². The molecule has 0 heterocycles. The molecule has 1 aromatic carbocycles. The van der Waals surface area contributed by atoms with Gasteiger partial charge in [-0.2, -0.15) is 0 Å². The fourth-order valence-electron chi connectivity index (χ4n) is 3.72. The molecule has 0 aliphatic heterocycles. The quantitative estimate of drug-likeness (QED) is 0.195. The molecule has 0 radical (unpaired) electrons. The van der Waals surface area contributed by atoms with Crippen LogP contribution in [0.1, 0.15) is 115 Å². The molecule has 2 heteroatoms. The van der Waals surface area contributed by atoms with E-state index in [1.54, 1.807) is 18.2 Å². The molecule has 160 valence electrons. The van der Waals surface area contributed by atoms with Gasteiger partial charge in [0.25, 0.3) is 0 Å². The van der Waals surface area contributed by atoms with Gasteiger partial charge in [0.15, 0.2) is 0 Å². The van der Waals surface area contributed by atoms with Gasteiger partial charge in [-0.05, 0) is 50.7 Å². The topological polar surface area (TPSA) is 40.5 Å². The Hall–Kier alpha value is -1.44. The normalized spacial score (nSPS) is 11.5. The third kappa shape index (κ3) is 12.9. The van der Waals surface area contributed by atoms with Crippen LogP contribution in [0.15, 0.2) is 30.4 Å². The zero-order valence-electron chi connectivity index (χ0n) is 18.3. The molecule has 1 rings (SSSR count). The van der Waals surface area contributed by atoms with Gasteiger partial charge in [0.1, 0.15) is 11.5 Å². The van der Waals surface area contributed by atoms with Gasteiger partial charge in [0.2, 0.25) is 0 Å². The lowest BCUT2D eigenvalue weighted by molar-refractivity contribution is 0.436. The Morgan fingerprint density at radius 3 is 1.54 bits per heavy atom. The van der Waals surface area contributed by atoms with Crippen molar-refractivity contribution in [3.8, 4) is 11.5 Å². The molecule has 0 aromatic heterocycles. The molecule has 0 atom stereocenters. The first-order chi connectivity index (χ1) is 13.8. The summed E-state index contributed by atoms with van der Waals surface area (Å²) in [7, 11) is 0. The van der Waals surface area contributed by atoms with E-state index in [4.69, 9.17) is 0 Å². The number of benzene rings is 1. The first-order valence-corrected chi connectivity index (χ1v) is 11.9. The number of hydrogen-bond donors (Lipinski definition) is 2. The summed E-state index contributed by atoms with van der Waals surface area (Å²) in [5.41, 5.74) is 0.683. The summed E-state index contributed by atoms with van der Waals surface area (Å²) in [5.74, 6) is 0.421. The lowest BCUT2D eigenvalue weighted by atomic mass is 10.0. The zero-order valence-corrected chi connectivity index (χ0v) is 18.3. The highest BCUT2D eigenvalue weighted by molar-refractivity contribution is 5.42. The average Bonchev–Trinajstić information content (AvgIpc) is 2.69. The molecular formula is C26H44O2. The van der Waals surface area contributed by atoms with Crippen LogP contribution < -0.4 is 0 Å². The summed E-state index contributed by atoms with van der Waals surface area (Å²) in [6, 6.07) is 4.96. The Bertz CT molecular complexity index is 487. The molecule has 0 aliphatic carbocycles. The minimum absolute atomic E-state index is 0.211. The van der Waals surface area contributed by atoms with Crippen LogP contribution in [0, 0.1) is 0 Å². The van der Waals surface area contributed by atoms with Gasteiger partial charge in [-0.15, -0.1) is 0 Å². The minimum atomic E-state index is 0.211. The van der Waals surface area contributed by atoms with Crippen molar-refractivity contribution >= 4 is 0 Å². The standard InChI is InChI=1S/C26H44O2/c1-2-3-4-5-6-7-8-9-10-11-12-13-14-15-16-17-18-19-21-24-25(27)22-20-23-26(24)28/h15-16,20,22-23,27-28H,2-14,17-19,21H2,1H3. The maximum atomic E-state index is 9.76. The summed E-state index contributed by atoms with van der Waals surface area (Å²) < 4.78 is 0. The van der Waals surface area contributed by atoms with Crippen molar-refractivity contribution < 1.29 is 10.2 Å². The van der Waals surface area contributed by atoms with Crippen molar-refractivity contribution in [1.82, 2.24) is 0 Å². The maximum Gasteiger partial charge on any atom is 0.122 e. The third-order valence-electron chi connectivity index (χ3n) is 5.57. The van der Waals surface area contributed by atoms with Crippen LogP contribution in [0.4, 0.5) is 0 Å². The van der Waals surface area contributed by atoms with Crippen LogP contribution in [-0.2, 0) is 6.42 Å². The van der Waals surface area contributed by atoms with Crippen molar-refractivity contribution in [2.75, 3.05) is 0 Å². The Labute approximate surface area is 174 Å². The number of phenols is 2. The van der Waals surface area contributed by atoms with Crippen LogP contribution in [0.5, 0.6) is 11.5 Å². The monoisotopic (exact) mass is 388 g/mol. The average molecular weight is 389 g/mol. The number of rotatable bonds is 18. The number of phenolic OH excluding ortho intramolecular Hbond substituents is 2. The van der Waals surface area contributed by atoms with Crippen molar-refractivity contribution in [2.24, 2.45) is 0 Å². The van der Waals surface area contributed by atoms with Crippen LogP contribution in [0.2, 0.25) is 0 Å². The second-order valence-electron chi connectivity index (χ2n) is 8.17. The van der Waals surface area contributed by atoms with E-state index in [9.17, 15) is 10.2 Å². The van der Waals surface area contributed by atoms with E-state index in [2.05, 4.69) is 19.1 Å². The summed E-state index contributed by atoms with van der Waals surface area (Å²) in [6.45, 7) is 2.28. The predicted molar refractivity (Wildman–Crippen MR) is 122 cm³/mol. The fraction of sp³-hybridized carbons (Fsp3) is 0.692. The van der Waals surface area contributed by atoms with Gasteiger partial charge >= 0.3 is 0 Å². The van der Waals surface area contributed by atoms with Gasteiger partial charge in [0, 0.05) is 5.56 Å².